The van der Waals surface area contributed by atoms with Crippen molar-refractivity contribution >= 4 is 55.8 Å². The van der Waals surface area contributed by atoms with Gasteiger partial charge in [0.05, 0.1) is 23.6 Å². The molecule has 69 heavy (non-hydrogen) atoms. The summed E-state index contributed by atoms with van der Waals surface area (Å²) in [7, 11) is 0. The SMILES string of the molecule is CC1CC(c2ccc3c(c2)c2ccccc2n3C2C=CC=CC2)=Cc2c1n(-c1ccc(C3CC(C4=CC(C5=CC=CCC5)CC(c5ccccc5)=C4)NC(C4=CC=CCC4)=N3)cc1)c1ccccc21. The summed E-state index contributed by atoms with van der Waals surface area (Å²) in [5.41, 5.74) is 18.8. The number of nitrogens with one attached hydrogen (secondary N) is 1. The number of aromatic nitrogens is 2. The van der Waals surface area contributed by atoms with Crippen molar-refractivity contribution in [3.05, 3.63) is 239 Å². The first kappa shape index (κ1) is 41.7. The molecule has 4 heteroatoms. The molecule has 2 aromatic heterocycles. The van der Waals surface area contributed by atoms with E-state index in [1.54, 1.807) is 5.57 Å². The van der Waals surface area contributed by atoms with E-state index in [1.165, 1.54) is 88.6 Å². The lowest BCUT2D eigenvalue weighted by Gasteiger charge is -2.35. The van der Waals surface area contributed by atoms with Crippen molar-refractivity contribution in [1.29, 1.82) is 0 Å². The Morgan fingerprint density at radius 1 is 0.623 bits per heavy atom. The Kier molecular flexibility index (Phi) is 10.6. The van der Waals surface area contributed by atoms with E-state index in [1.807, 2.05) is 0 Å². The van der Waals surface area contributed by atoms with Gasteiger partial charge < -0.3 is 14.5 Å². The van der Waals surface area contributed by atoms with Crippen LogP contribution in [-0.2, 0) is 0 Å². The molecule has 5 aliphatic carbocycles. The van der Waals surface area contributed by atoms with Crippen molar-refractivity contribution in [3.63, 3.8) is 0 Å². The molecule has 0 fully saturated rings. The molecule has 1 aliphatic heterocycles. The van der Waals surface area contributed by atoms with Gasteiger partial charge in [-0.15, -0.1) is 0 Å². The van der Waals surface area contributed by atoms with Crippen molar-refractivity contribution in [2.24, 2.45) is 10.9 Å². The largest absolute Gasteiger partial charge is 0.363 e. The quantitative estimate of drug-likeness (QED) is 0.162. The van der Waals surface area contributed by atoms with Gasteiger partial charge in [0.25, 0.3) is 0 Å². The maximum atomic E-state index is 5.54. The lowest BCUT2D eigenvalue weighted by Crippen LogP contribution is -2.42. The minimum atomic E-state index is 0.0286. The zero-order valence-electron chi connectivity index (χ0n) is 39.4. The number of rotatable bonds is 8. The first-order valence-electron chi connectivity index (χ1n) is 25.5. The molecule has 6 aliphatic rings. The van der Waals surface area contributed by atoms with E-state index >= 15 is 0 Å². The van der Waals surface area contributed by atoms with Crippen LogP contribution < -0.4 is 5.32 Å². The smallest absolute Gasteiger partial charge is 0.125 e. The number of para-hydroxylation sites is 2. The average Bonchev–Trinajstić information content (AvgIpc) is 3.95. The Morgan fingerprint density at radius 2 is 1.39 bits per heavy atom. The molecule has 13 rings (SSSR count). The van der Waals surface area contributed by atoms with Gasteiger partial charge in [0.1, 0.15) is 5.84 Å². The van der Waals surface area contributed by atoms with Gasteiger partial charge in [-0.2, -0.15) is 0 Å². The summed E-state index contributed by atoms with van der Waals surface area (Å²) in [6.07, 6.45) is 38.5. The molecule has 5 aromatic carbocycles. The summed E-state index contributed by atoms with van der Waals surface area (Å²) in [6.45, 7) is 2.42. The van der Waals surface area contributed by atoms with Gasteiger partial charge in [0.15, 0.2) is 0 Å². The summed E-state index contributed by atoms with van der Waals surface area (Å²) in [6, 6.07) is 46.1. The Hall–Kier alpha value is -7.43. The highest BCUT2D eigenvalue weighted by Gasteiger charge is 2.32. The zero-order chi connectivity index (χ0) is 45.8. The predicted molar refractivity (Wildman–Crippen MR) is 291 cm³/mol. The van der Waals surface area contributed by atoms with E-state index in [9.17, 15) is 0 Å². The van der Waals surface area contributed by atoms with Crippen LogP contribution in [0.15, 0.2) is 216 Å². The fourth-order valence-corrected chi connectivity index (χ4v) is 12.4. The second-order valence-corrected chi connectivity index (χ2v) is 20.1. The number of benzene rings is 5. The summed E-state index contributed by atoms with van der Waals surface area (Å²) in [4.78, 5) is 5.54. The van der Waals surface area contributed by atoms with Gasteiger partial charge >= 0.3 is 0 Å². The summed E-state index contributed by atoms with van der Waals surface area (Å²) in [5, 5.41) is 7.98. The first-order chi connectivity index (χ1) is 34.1. The fourth-order valence-electron chi connectivity index (χ4n) is 12.4. The molecule has 7 aromatic rings. The maximum absolute atomic E-state index is 5.54. The molecule has 338 valence electrons. The van der Waals surface area contributed by atoms with Crippen LogP contribution in [0, 0.1) is 5.92 Å². The van der Waals surface area contributed by atoms with Crippen molar-refractivity contribution in [2.45, 2.75) is 82.3 Å². The second kappa shape index (κ2) is 17.6. The molecule has 0 spiro atoms. The van der Waals surface area contributed by atoms with Gasteiger partial charge in [0, 0.05) is 56.0 Å². The first-order valence-corrected chi connectivity index (χ1v) is 25.5. The normalized spacial score (nSPS) is 23.2. The van der Waals surface area contributed by atoms with E-state index in [0.29, 0.717) is 17.9 Å². The molecule has 0 saturated heterocycles. The van der Waals surface area contributed by atoms with E-state index in [2.05, 4.69) is 222 Å². The fraction of sp³-hybridized carbons (Fsp3) is 0.215. The van der Waals surface area contributed by atoms with Crippen LogP contribution in [0.5, 0.6) is 0 Å². The Labute approximate surface area is 406 Å². The van der Waals surface area contributed by atoms with Crippen LogP contribution in [0.25, 0.3) is 55.6 Å². The Balaban J connectivity index is 0.854. The standard InChI is InChI=1S/C65H58N4/c1-43-36-49(48-32-35-63-57(40-48)55-26-14-16-28-61(55)68(63)53-24-12-5-13-25-53)41-58-56-27-15-17-29-62(56)69(64(43)58)54-33-30-46(31-34-54)59-42-60(67-65(66-59)47-22-10-4-11-23-47)52-38-50(44-18-6-2-7-19-44)37-51(39-52)45-20-8-3-9-21-45/h2-8,10,12-20,22,24,26-35,38-41,43,51,53,59-60H,9,11,21,23,25,36-37,42H2,1H3,(H,66,67). The summed E-state index contributed by atoms with van der Waals surface area (Å²) in [5.74, 6) is 1.76. The van der Waals surface area contributed by atoms with Gasteiger partial charge in [0.2, 0.25) is 0 Å². The molecule has 0 saturated carbocycles. The summed E-state index contributed by atoms with van der Waals surface area (Å²) >= 11 is 0. The number of aliphatic imine (C=N–C) groups is 1. The van der Waals surface area contributed by atoms with E-state index in [4.69, 9.17) is 4.99 Å². The highest BCUT2D eigenvalue weighted by molar-refractivity contribution is 6.10. The highest BCUT2D eigenvalue weighted by atomic mass is 15.1. The van der Waals surface area contributed by atoms with E-state index < -0.39 is 0 Å². The second-order valence-electron chi connectivity index (χ2n) is 20.1. The van der Waals surface area contributed by atoms with Crippen LogP contribution in [0.3, 0.4) is 0 Å². The number of hydrogen-bond donors (Lipinski definition) is 1. The number of allylic oxidation sites excluding steroid dienone is 14. The lowest BCUT2D eigenvalue weighted by molar-refractivity contribution is 0.518. The van der Waals surface area contributed by atoms with Crippen LogP contribution >= 0.6 is 0 Å². The van der Waals surface area contributed by atoms with Crippen molar-refractivity contribution in [3.8, 4) is 5.69 Å². The third-order valence-corrected chi connectivity index (χ3v) is 15.8. The Bertz CT molecular complexity index is 3490. The minimum absolute atomic E-state index is 0.0286. The van der Waals surface area contributed by atoms with E-state index in [-0.39, 0.29) is 12.1 Å². The van der Waals surface area contributed by atoms with Gasteiger partial charge in [-0.25, -0.2) is 0 Å². The third kappa shape index (κ3) is 7.58. The number of nitrogens with zero attached hydrogens (tertiary/aromatic N) is 3. The lowest BCUT2D eigenvalue weighted by atomic mass is 9.78. The van der Waals surface area contributed by atoms with Crippen molar-refractivity contribution in [2.75, 3.05) is 0 Å². The molecular weight excluding hydrogens is 837 g/mol. The topological polar surface area (TPSA) is 34.2 Å². The minimum Gasteiger partial charge on any atom is -0.363 e. The van der Waals surface area contributed by atoms with Crippen molar-refractivity contribution in [1.82, 2.24) is 14.5 Å². The molecule has 0 bridgehead atoms. The maximum Gasteiger partial charge on any atom is 0.125 e. The van der Waals surface area contributed by atoms with Crippen LogP contribution in [0.1, 0.15) is 104 Å². The molecule has 0 amide bonds. The monoisotopic (exact) mass is 894 g/mol. The third-order valence-electron chi connectivity index (χ3n) is 15.8. The number of fused-ring (bicyclic) bond motifs is 6. The molecule has 1 N–H and O–H groups in total. The molecule has 4 nitrogen and oxygen atoms in total. The van der Waals surface area contributed by atoms with Crippen LogP contribution in [-0.4, -0.2) is 21.0 Å². The van der Waals surface area contributed by atoms with Crippen molar-refractivity contribution < 1.29 is 0 Å². The number of amidine groups is 1. The molecule has 0 radical (unpaired) electrons. The zero-order valence-corrected chi connectivity index (χ0v) is 39.4. The molecular formula is C65H58N4. The van der Waals surface area contributed by atoms with Gasteiger partial charge in [-0.3, -0.25) is 4.99 Å². The average molecular weight is 895 g/mol. The van der Waals surface area contributed by atoms with Crippen LogP contribution in [0.4, 0.5) is 0 Å². The van der Waals surface area contributed by atoms with E-state index in [0.717, 1.165) is 57.2 Å². The number of hydrogen-bond acceptors (Lipinski definition) is 2. The highest BCUT2D eigenvalue weighted by Crippen LogP contribution is 2.46. The molecule has 3 heterocycles. The van der Waals surface area contributed by atoms with Gasteiger partial charge in [-0.05, 0) is 133 Å². The summed E-state index contributed by atoms with van der Waals surface area (Å²) < 4.78 is 5.09. The Morgan fingerprint density at radius 3 is 2.19 bits per heavy atom. The molecule has 5 atom stereocenters. The molecule has 5 unspecified atom stereocenters. The van der Waals surface area contributed by atoms with Gasteiger partial charge in [-0.1, -0.05) is 170 Å². The van der Waals surface area contributed by atoms with Crippen LogP contribution in [0.2, 0.25) is 0 Å². The predicted octanol–water partition coefficient (Wildman–Crippen LogP) is 16.2.